The first-order valence-electron chi connectivity index (χ1n) is 6.21. The zero-order chi connectivity index (χ0) is 15.4. The highest BCUT2D eigenvalue weighted by Gasteiger charge is 2.09. The first-order valence-corrected chi connectivity index (χ1v) is 6.97. The van der Waals surface area contributed by atoms with Gasteiger partial charge in [0, 0.05) is 23.2 Å². The van der Waals surface area contributed by atoms with Gasteiger partial charge in [-0.1, -0.05) is 23.2 Å². The monoisotopic (exact) mass is 324 g/mol. The van der Waals surface area contributed by atoms with Gasteiger partial charge in [0.25, 0.3) is 0 Å². The van der Waals surface area contributed by atoms with Crippen LogP contribution in [-0.4, -0.2) is 33.0 Å². The molecule has 0 radical (unpaired) electrons. The minimum Gasteiger partial charge on any atom is -0.335 e. The van der Waals surface area contributed by atoms with Gasteiger partial charge in [0.05, 0.1) is 6.54 Å². The molecule has 2 aromatic rings. The molecule has 1 amide bonds. The normalized spacial score (nSPS) is 11.0. The molecule has 1 heterocycles. The number of H-pyrrole nitrogens is 1. The van der Waals surface area contributed by atoms with Gasteiger partial charge in [-0.25, -0.2) is 4.98 Å². The first kappa shape index (κ1) is 15.5. The number of likely N-dealkylation sites (N-methyl/N-ethyl adjacent to an activating group) is 1. The Morgan fingerprint density at radius 1 is 1.33 bits per heavy atom. The highest BCUT2D eigenvalue weighted by molar-refractivity contribution is 6.34. The fourth-order valence-electron chi connectivity index (χ4n) is 1.72. The summed E-state index contributed by atoms with van der Waals surface area (Å²) >= 11 is 11.8. The minimum absolute atomic E-state index is 0.159. The Morgan fingerprint density at radius 2 is 2.00 bits per heavy atom. The largest absolute Gasteiger partial charge is 0.335 e. The lowest BCUT2D eigenvalue weighted by molar-refractivity contribution is -0.125. The molecule has 0 spiro atoms. The second-order valence-electron chi connectivity index (χ2n) is 4.57. The standard InChI is InChI=1S/C14H14Cl2N4O/c1-9-17-13(19-18-9)8-20(2)14(21)4-3-10-5-11(15)7-12(16)6-10/h3-7H,8H2,1-2H3,(H,17,18,19). The lowest BCUT2D eigenvalue weighted by atomic mass is 10.2. The molecule has 0 bridgehead atoms. The zero-order valence-corrected chi connectivity index (χ0v) is 13.1. The maximum atomic E-state index is 12.0. The van der Waals surface area contributed by atoms with Crippen LogP contribution >= 0.6 is 23.2 Å². The smallest absolute Gasteiger partial charge is 0.246 e. The fourth-order valence-corrected chi connectivity index (χ4v) is 2.26. The van der Waals surface area contributed by atoms with E-state index < -0.39 is 0 Å². The van der Waals surface area contributed by atoms with Crippen LogP contribution in [0.1, 0.15) is 17.2 Å². The quantitative estimate of drug-likeness (QED) is 0.879. The number of rotatable bonds is 4. The van der Waals surface area contributed by atoms with Crippen molar-refractivity contribution in [3.63, 3.8) is 0 Å². The van der Waals surface area contributed by atoms with Gasteiger partial charge >= 0.3 is 0 Å². The van der Waals surface area contributed by atoms with Crippen LogP contribution in [0.2, 0.25) is 10.0 Å². The van der Waals surface area contributed by atoms with Crippen molar-refractivity contribution in [2.24, 2.45) is 0 Å². The summed E-state index contributed by atoms with van der Waals surface area (Å²) in [5.74, 6) is 1.13. The summed E-state index contributed by atoms with van der Waals surface area (Å²) in [5.41, 5.74) is 0.767. The van der Waals surface area contributed by atoms with Gasteiger partial charge in [0.2, 0.25) is 5.91 Å². The number of carbonyl (C=O) groups is 1. The number of aryl methyl sites for hydroxylation is 1. The van der Waals surface area contributed by atoms with E-state index in [0.29, 0.717) is 22.4 Å². The summed E-state index contributed by atoms with van der Waals surface area (Å²) < 4.78 is 0. The van der Waals surface area contributed by atoms with E-state index in [0.717, 1.165) is 11.4 Å². The second-order valence-corrected chi connectivity index (χ2v) is 5.44. The molecule has 1 N–H and O–H groups in total. The Labute approximate surface area is 132 Å². The van der Waals surface area contributed by atoms with Crippen molar-refractivity contribution in [2.75, 3.05) is 7.05 Å². The lowest BCUT2D eigenvalue weighted by Gasteiger charge is -2.12. The van der Waals surface area contributed by atoms with Gasteiger partial charge in [0.1, 0.15) is 5.82 Å². The predicted molar refractivity (Wildman–Crippen MR) is 83.1 cm³/mol. The zero-order valence-electron chi connectivity index (χ0n) is 11.6. The summed E-state index contributed by atoms with van der Waals surface area (Å²) in [5, 5.41) is 7.78. The molecule has 0 aliphatic heterocycles. The Hall–Kier alpha value is -1.85. The molecule has 21 heavy (non-hydrogen) atoms. The van der Waals surface area contributed by atoms with Crippen LogP contribution in [0.5, 0.6) is 0 Å². The van der Waals surface area contributed by atoms with E-state index in [1.165, 1.54) is 11.0 Å². The molecule has 1 aromatic heterocycles. The Morgan fingerprint density at radius 3 is 2.57 bits per heavy atom. The van der Waals surface area contributed by atoms with Crippen LogP contribution in [0.25, 0.3) is 6.08 Å². The minimum atomic E-state index is -0.159. The third-order valence-corrected chi connectivity index (χ3v) is 3.14. The molecule has 0 saturated carbocycles. The van der Waals surface area contributed by atoms with Crippen molar-refractivity contribution in [1.82, 2.24) is 20.1 Å². The average Bonchev–Trinajstić information content (AvgIpc) is 2.80. The summed E-state index contributed by atoms with van der Waals surface area (Å²) in [6.07, 6.45) is 3.13. The molecule has 7 heteroatoms. The van der Waals surface area contributed by atoms with Crippen LogP contribution in [0.3, 0.4) is 0 Å². The molecule has 110 valence electrons. The Balaban J connectivity index is 2.01. The fraction of sp³-hybridized carbons (Fsp3) is 0.214. The maximum absolute atomic E-state index is 12.0. The molecule has 0 saturated heterocycles. The number of benzene rings is 1. The number of aromatic amines is 1. The van der Waals surface area contributed by atoms with Gasteiger partial charge in [-0.15, -0.1) is 0 Å². The van der Waals surface area contributed by atoms with E-state index >= 15 is 0 Å². The van der Waals surface area contributed by atoms with Crippen LogP contribution < -0.4 is 0 Å². The van der Waals surface area contributed by atoms with Crippen LogP contribution in [0.4, 0.5) is 0 Å². The molecule has 0 aliphatic carbocycles. The summed E-state index contributed by atoms with van der Waals surface area (Å²) in [6, 6.07) is 5.10. The summed E-state index contributed by atoms with van der Waals surface area (Å²) in [6.45, 7) is 2.14. The predicted octanol–water partition coefficient (Wildman–Crippen LogP) is 3.09. The number of aromatic nitrogens is 3. The maximum Gasteiger partial charge on any atom is 0.246 e. The summed E-state index contributed by atoms with van der Waals surface area (Å²) in [7, 11) is 1.68. The second kappa shape index (κ2) is 6.74. The van der Waals surface area contributed by atoms with Crippen LogP contribution in [-0.2, 0) is 11.3 Å². The van der Waals surface area contributed by atoms with E-state index in [2.05, 4.69) is 15.2 Å². The topological polar surface area (TPSA) is 61.9 Å². The SMILES string of the molecule is Cc1nc(CN(C)C(=O)C=Cc2cc(Cl)cc(Cl)c2)n[nH]1. The molecule has 0 fully saturated rings. The number of nitrogens with zero attached hydrogens (tertiary/aromatic N) is 3. The molecule has 0 unspecified atom stereocenters. The van der Waals surface area contributed by atoms with Crippen molar-refractivity contribution in [1.29, 1.82) is 0 Å². The highest BCUT2D eigenvalue weighted by atomic mass is 35.5. The Bertz CT molecular complexity index is 661. The molecule has 5 nitrogen and oxygen atoms in total. The number of nitrogens with one attached hydrogen (secondary N) is 1. The highest BCUT2D eigenvalue weighted by Crippen LogP contribution is 2.19. The van der Waals surface area contributed by atoms with Crippen molar-refractivity contribution in [2.45, 2.75) is 13.5 Å². The number of hydrogen-bond acceptors (Lipinski definition) is 3. The van der Waals surface area contributed by atoms with Crippen molar-refractivity contribution < 1.29 is 4.79 Å². The number of hydrogen-bond donors (Lipinski definition) is 1. The third kappa shape index (κ3) is 4.58. The third-order valence-electron chi connectivity index (χ3n) is 2.70. The van der Waals surface area contributed by atoms with Gasteiger partial charge in [-0.2, -0.15) is 5.10 Å². The van der Waals surface area contributed by atoms with Crippen LogP contribution in [0.15, 0.2) is 24.3 Å². The lowest BCUT2D eigenvalue weighted by Crippen LogP contribution is -2.24. The van der Waals surface area contributed by atoms with Crippen LogP contribution in [0, 0.1) is 6.92 Å². The van der Waals surface area contributed by atoms with E-state index in [1.807, 2.05) is 0 Å². The first-order chi connectivity index (χ1) is 9.94. The van der Waals surface area contributed by atoms with E-state index in [-0.39, 0.29) is 5.91 Å². The van der Waals surface area contributed by atoms with Crippen molar-refractivity contribution >= 4 is 35.2 Å². The number of amides is 1. The van der Waals surface area contributed by atoms with Gasteiger partial charge in [0.15, 0.2) is 5.82 Å². The molecule has 2 rings (SSSR count). The van der Waals surface area contributed by atoms with E-state index in [4.69, 9.17) is 23.2 Å². The molecule has 0 atom stereocenters. The van der Waals surface area contributed by atoms with Crippen molar-refractivity contribution in [3.8, 4) is 0 Å². The summed E-state index contributed by atoms with van der Waals surface area (Å²) in [4.78, 5) is 17.7. The van der Waals surface area contributed by atoms with Crippen molar-refractivity contribution in [3.05, 3.63) is 51.5 Å². The molecular formula is C14H14Cl2N4O. The molecule has 0 aliphatic rings. The van der Waals surface area contributed by atoms with E-state index in [1.54, 1.807) is 38.2 Å². The molecular weight excluding hydrogens is 311 g/mol. The average molecular weight is 325 g/mol. The van der Waals surface area contributed by atoms with E-state index in [9.17, 15) is 4.79 Å². The number of halogens is 2. The Kier molecular flexibility index (Phi) is 4.98. The number of carbonyl (C=O) groups excluding carboxylic acids is 1. The molecule has 1 aromatic carbocycles. The van der Waals surface area contributed by atoms with Gasteiger partial charge in [-0.3, -0.25) is 9.89 Å². The van der Waals surface area contributed by atoms with Gasteiger partial charge < -0.3 is 4.90 Å². The van der Waals surface area contributed by atoms with Gasteiger partial charge in [-0.05, 0) is 36.8 Å².